The molecule has 1 amide bonds. The largest absolute Gasteiger partial charge is 0.351 e. The molecule has 8 heteroatoms. The van der Waals surface area contributed by atoms with Crippen LogP contribution in [0.25, 0.3) is 0 Å². The van der Waals surface area contributed by atoms with E-state index < -0.39 is 10.0 Å². The summed E-state index contributed by atoms with van der Waals surface area (Å²) in [5.41, 5.74) is 0.437. The Balaban J connectivity index is 1.80. The topological polar surface area (TPSA) is 84.5 Å². The first kappa shape index (κ1) is 18.3. The van der Waals surface area contributed by atoms with Gasteiger partial charge >= 0.3 is 0 Å². The van der Waals surface area contributed by atoms with Crippen LogP contribution >= 0.6 is 11.8 Å². The van der Waals surface area contributed by atoms with Gasteiger partial charge in [0.1, 0.15) is 0 Å². The van der Waals surface area contributed by atoms with E-state index in [0.717, 1.165) is 11.0 Å². The van der Waals surface area contributed by atoms with Gasteiger partial charge in [-0.2, -0.15) is 11.8 Å². The van der Waals surface area contributed by atoms with Crippen LogP contribution in [-0.2, 0) is 14.9 Å². The smallest absolute Gasteiger partial charge is 0.262 e. The standard InChI is InChI=1S/C15H22N2O4S2/c1-21-17-23(19,20)14-8-6-12(7-9-14)15(18)16-10-11-22-13-4-2-3-5-13/h6-9,13,17H,2-5,10-11H2,1H3,(H,16,18). The summed E-state index contributed by atoms with van der Waals surface area (Å²) in [6.45, 7) is 0.616. The quantitative estimate of drug-likeness (QED) is 0.548. The highest BCUT2D eigenvalue weighted by Crippen LogP contribution is 2.28. The highest BCUT2D eigenvalue weighted by molar-refractivity contribution is 7.99. The van der Waals surface area contributed by atoms with E-state index in [9.17, 15) is 13.2 Å². The Morgan fingerprint density at radius 3 is 2.52 bits per heavy atom. The highest BCUT2D eigenvalue weighted by Gasteiger charge is 2.16. The van der Waals surface area contributed by atoms with Crippen LogP contribution in [0.5, 0.6) is 0 Å². The molecule has 2 N–H and O–H groups in total. The van der Waals surface area contributed by atoms with Gasteiger partial charge in [0.15, 0.2) is 0 Å². The minimum atomic E-state index is -3.69. The Labute approximate surface area is 141 Å². The lowest BCUT2D eigenvalue weighted by Crippen LogP contribution is -2.26. The van der Waals surface area contributed by atoms with Gasteiger partial charge in [-0.25, -0.2) is 8.42 Å². The molecular weight excluding hydrogens is 336 g/mol. The third-order valence-electron chi connectivity index (χ3n) is 3.66. The van der Waals surface area contributed by atoms with Crippen molar-refractivity contribution in [2.24, 2.45) is 0 Å². The number of hydrogen-bond acceptors (Lipinski definition) is 5. The van der Waals surface area contributed by atoms with Crippen molar-refractivity contribution in [3.05, 3.63) is 29.8 Å². The first-order valence-electron chi connectivity index (χ1n) is 7.57. The fourth-order valence-corrected chi connectivity index (χ4v) is 4.52. The van der Waals surface area contributed by atoms with Gasteiger partial charge in [-0.3, -0.25) is 9.63 Å². The molecule has 1 aliphatic rings. The van der Waals surface area contributed by atoms with Gasteiger partial charge in [0.2, 0.25) is 0 Å². The van der Waals surface area contributed by atoms with Gasteiger partial charge in [-0.05, 0) is 37.1 Å². The predicted octanol–water partition coefficient (Wildman–Crippen LogP) is 1.93. The van der Waals surface area contributed by atoms with Crippen molar-refractivity contribution in [1.82, 2.24) is 10.2 Å². The molecule has 1 aromatic carbocycles. The van der Waals surface area contributed by atoms with Crippen molar-refractivity contribution in [1.29, 1.82) is 0 Å². The molecule has 0 spiro atoms. The number of carbonyl (C=O) groups is 1. The van der Waals surface area contributed by atoms with Crippen LogP contribution in [0, 0.1) is 0 Å². The number of thioether (sulfide) groups is 1. The summed E-state index contributed by atoms with van der Waals surface area (Å²) < 4.78 is 23.4. The number of amides is 1. The number of nitrogens with one attached hydrogen (secondary N) is 2. The monoisotopic (exact) mass is 358 g/mol. The summed E-state index contributed by atoms with van der Waals surface area (Å²) in [4.78, 5) is 18.4. The zero-order chi connectivity index (χ0) is 16.7. The van der Waals surface area contributed by atoms with E-state index in [-0.39, 0.29) is 10.8 Å². The molecule has 0 aliphatic heterocycles. The number of rotatable bonds is 8. The van der Waals surface area contributed by atoms with Gasteiger partial charge < -0.3 is 5.32 Å². The van der Waals surface area contributed by atoms with Gasteiger partial charge in [0, 0.05) is 23.1 Å². The molecule has 23 heavy (non-hydrogen) atoms. The third kappa shape index (κ3) is 5.49. The average Bonchev–Trinajstić information content (AvgIpc) is 3.05. The van der Waals surface area contributed by atoms with E-state index in [1.165, 1.54) is 57.1 Å². The van der Waals surface area contributed by atoms with Crippen LogP contribution in [0.1, 0.15) is 36.0 Å². The second-order valence-corrected chi connectivity index (χ2v) is 8.40. The molecule has 0 saturated heterocycles. The Hall–Kier alpha value is -1.09. The minimum Gasteiger partial charge on any atom is -0.351 e. The van der Waals surface area contributed by atoms with Crippen LogP contribution < -0.4 is 10.2 Å². The number of benzene rings is 1. The molecule has 1 aromatic rings. The van der Waals surface area contributed by atoms with Crippen molar-refractivity contribution < 1.29 is 18.0 Å². The van der Waals surface area contributed by atoms with Gasteiger partial charge in [-0.15, -0.1) is 0 Å². The van der Waals surface area contributed by atoms with E-state index in [0.29, 0.717) is 12.1 Å². The Morgan fingerprint density at radius 1 is 1.26 bits per heavy atom. The fourth-order valence-electron chi connectivity index (χ4n) is 2.49. The molecule has 0 bridgehead atoms. The number of carbonyl (C=O) groups excluding carboxylic acids is 1. The SMILES string of the molecule is CONS(=O)(=O)c1ccc(C(=O)NCCSC2CCCC2)cc1. The van der Waals surface area contributed by atoms with Crippen LogP contribution in [0.4, 0.5) is 0 Å². The zero-order valence-electron chi connectivity index (χ0n) is 13.1. The lowest BCUT2D eigenvalue weighted by atomic mass is 10.2. The summed E-state index contributed by atoms with van der Waals surface area (Å²) in [5.74, 6) is 0.710. The molecule has 0 radical (unpaired) electrons. The third-order valence-corrected chi connectivity index (χ3v) is 6.32. The van der Waals surface area contributed by atoms with E-state index in [2.05, 4.69) is 10.2 Å². The average molecular weight is 358 g/mol. The van der Waals surface area contributed by atoms with Crippen molar-refractivity contribution in [3.63, 3.8) is 0 Å². The van der Waals surface area contributed by atoms with Crippen LogP contribution in [0.2, 0.25) is 0 Å². The van der Waals surface area contributed by atoms with E-state index in [4.69, 9.17) is 0 Å². The maximum Gasteiger partial charge on any atom is 0.262 e. The Kier molecular flexibility index (Phi) is 6.88. The van der Waals surface area contributed by atoms with Crippen molar-refractivity contribution in [3.8, 4) is 0 Å². The molecule has 0 aromatic heterocycles. The minimum absolute atomic E-state index is 0.0488. The number of sulfonamides is 1. The first-order chi connectivity index (χ1) is 11.0. The van der Waals surface area contributed by atoms with Crippen LogP contribution in [-0.4, -0.2) is 39.0 Å². The van der Waals surface area contributed by atoms with E-state index in [1.807, 2.05) is 16.6 Å². The molecule has 0 unspecified atom stereocenters. The summed E-state index contributed by atoms with van der Waals surface area (Å²) in [6.07, 6.45) is 5.20. The van der Waals surface area contributed by atoms with Gasteiger partial charge in [0.25, 0.3) is 15.9 Å². The highest BCUT2D eigenvalue weighted by atomic mass is 32.2. The second-order valence-electron chi connectivity index (χ2n) is 5.35. The van der Waals surface area contributed by atoms with Gasteiger partial charge in [0.05, 0.1) is 12.0 Å². The lowest BCUT2D eigenvalue weighted by molar-refractivity contribution is 0.0956. The Bertz CT molecular complexity index is 611. The molecule has 128 valence electrons. The summed E-state index contributed by atoms with van der Waals surface area (Å²) in [5, 5.41) is 3.60. The van der Waals surface area contributed by atoms with E-state index in [1.54, 1.807) is 0 Å². The predicted molar refractivity (Wildman–Crippen MR) is 90.8 cm³/mol. The molecule has 0 heterocycles. The van der Waals surface area contributed by atoms with Crippen LogP contribution in [0.15, 0.2) is 29.2 Å². The zero-order valence-corrected chi connectivity index (χ0v) is 14.7. The molecular formula is C15H22N2O4S2. The first-order valence-corrected chi connectivity index (χ1v) is 10.1. The maximum absolute atomic E-state index is 12.0. The van der Waals surface area contributed by atoms with Gasteiger partial charge in [-0.1, -0.05) is 17.7 Å². The normalized spacial score (nSPS) is 15.7. The Morgan fingerprint density at radius 2 is 1.91 bits per heavy atom. The maximum atomic E-state index is 12.0. The molecule has 6 nitrogen and oxygen atoms in total. The molecule has 2 rings (SSSR count). The summed E-state index contributed by atoms with van der Waals surface area (Å²) in [6, 6.07) is 5.74. The molecule has 0 atom stereocenters. The molecule has 1 aliphatic carbocycles. The van der Waals surface area contributed by atoms with Crippen molar-refractivity contribution in [2.45, 2.75) is 35.8 Å². The van der Waals surface area contributed by atoms with Crippen LogP contribution in [0.3, 0.4) is 0 Å². The van der Waals surface area contributed by atoms with E-state index >= 15 is 0 Å². The molecule has 1 fully saturated rings. The lowest BCUT2D eigenvalue weighted by Gasteiger charge is -2.10. The summed E-state index contributed by atoms with van der Waals surface area (Å²) >= 11 is 1.92. The summed E-state index contributed by atoms with van der Waals surface area (Å²) in [7, 11) is -2.47. The van der Waals surface area contributed by atoms with Crippen molar-refractivity contribution in [2.75, 3.05) is 19.4 Å². The number of hydrogen-bond donors (Lipinski definition) is 2. The second kappa shape index (κ2) is 8.68. The fraction of sp³-hybridized carbons (Fsp3) is 0.533. The van der Waals surface area contributed by atoms with Crippen molar-refractivity contribution >= 4 is 27.7 Å². The molecule has 1 saturated carbocycles.